The van der Waals surface area contributed by atoms with Gasteiger partial charge in [-0.25, -0.2) is 14.2 Å². The number of thioether (sulfide) groups is 2. The molecule has 4 rings (SSSR count). The zero-order valence-corrected chi connectivity index (χ0v) is 19.2. The summed E-state index contributed by atoms with van der Waals surface area (Å²) < 4.78 is 0.809. The Labute approximate surface area is 193 Å². The molecule has 1 unspecified atom stereocenters. The van der Waals surface area contributed by atoms with Crippen molar-refractivity contribution in [2.24, 2.45) is 12.5 Å². The third-order valence-corrected chi connectivity index (χ3v) is 8.95. The maximum Gasteiger partial charge on any atom is 0.353 e. The average molecular weight is 498 g/mol. The number of nitrogens with zero attached hydrogens (tertiary/aromatic N) is 3. The molecule has 0 aliphatic carbocycles. The van der Waals surface area contributed by atoms with Gasteiger partial charge in [0.15, 0.2) is 5.16 Å². The van der Waals surface area contributed by atoms with E-state index in [1.54, 1.807) is 0 Å². The molecule has 2 aromatic rings. The van der Waals surface area contributed by atoms with Crippen LogP contribution < -0.4 is 16.7 Å². The van der Waals surface area contributed by atoms with E-state index in [0.717, 1.165) is 21.2 Å². The van der Waals surface area contributed by atoms with E-state index in [1.165, 1.54) is 35.0 Å². The van der Waals surface area contributed by atoms with E-state index in [4.69, 9.17) is 0 Å². The molecule has 11 nitrogen and oxygen atoms in total. The molecule has 3 N–H and O–H groups in total. The summed E-state index contributed by atoms with van der Waals surface area (Å²) in [7, 11) is 1.28. The zero-order valence-electron chi connectivity index (χ0n) is 16.8. The number of fused-ring (bicyclic) bond motifs is 1. The average Bonchev–Trinajstić information content (AvgIpc) is 3.26. The first-order valence-corrected chi connectivity index (χ1v) is 12.4. The third-order valence-electron chi connectivity index (χ3n) is 5.32. The Balaban J connectivity index is 1.40. The third kappa shape index (κ3) is 4.21. The van der Waals surface area contributed by atoms with Crippen molar-refractivity contribution in [2.75, 3.05) is 18.1 Å². The van der Waals surface area contributed by atoms with Crippen LogP contribution >= 0.6 is 34.9 Å². The molecule has 2 aromatic heterocycles. The summed E-state index contributed by atoms with van der Waals surface area (Å²) in [5.74, 6) is -1.44. The van der Waals surface area contributed by atoms with Crippen molar-refractivity contribution in [3.8, 4) is 0 Å². The second-order valence-corrected chi connectivity index (χ2v) is 10.6. The molecule has 2 fully saturated rings. The number of hydrogen-bond acceptors (Lipinski definition) is 9. The molecular formula is C18H19N5O6S3. The molecule has 0 aromatic carbocycles. The lowest BCUT2D eigenvalue weighted by molar-refractivity contribution is -0.157. The summed E-state index contributed by atoms with van der Waals surface area (Å²) in [6, 6.07) is 3.02. The summed E-state index contributed by atoms with van der Waals surface area (Å²) in [6.07, 6.45) is 0.191. The van der Waals surface area contributed by atoms with E-state index in [0.29, 0.717) is 0 Å². The summed E-state index contributed by atoms with van der Waals surface area (Å²) in [5, 5.41) is 14.2. The smallest absolute Gasteiger partial charge is 0.353 e. The SMILES string of the molecule is Cn1c(=O)nc(SCC2(C(=O)O)CS[C@@H]3[C@H](NC(=O)Cc4cccs4)C(=O)N3C2)[nH]c1=O. The molecule has 32 heavy (non-hydrogen) atoms. The lowest BCUT2D eigenvalue weighted by atomic mass is 9.89. The number of hydrogen-bond donors (Lipinski definition) is 3. The molecule has 2 amide bonds. The Kier molecular flexibility index (Phi) is 6.18. The molecule has 0 bridgehead atoms. The van der Waals surface area contributed by atoms with Gasteiger partial charge in [0.25, 0.3) is 0 Å². The molecule has 0 saturated carbocycles. The van der Waals surface area contributed by atoms with Crippen molar-refractivity contribution in [1.82, 2.24) is 24.8 Å². The van der Waals surface area contributed by atoms with Crippen molar-refractivity contribution in [3.05, 3.63) is 43.4 Å². The second kappa shape index (κ2) is 8.75. The van der Waals surface area contributed by atoms with Crippen LogP contribution in [-0.2, 0) is 27.9 Å². The highest BCUT2D eigenvalue weighted by Crippen LogP contribution is 2.44. The van der Waals surface area contributed by atoms with Crippen LogP contribution in [0.3, 0.4) is 0 Å². The standard InChI is InChI=1S/C18H19N5O6S3/c1-22-16(28)20-15(21-17(22)29)32-8-18(14(26)27)6-23-12(25)11(13(23)31-7-18)19-10(24)5-9-3-2-4-30-9/h2-4,11,13H,5-8H2,1H3,(H,19,24)(H,26,27)(H,20,21,28,29)/t11-,13-,18?/m1/s1. The van der Waals surface area contributed by atoms with Gasteiger partial charge >= 0.3 is 17.3 Å². The van der Waals surface area contributed by atoms with E-state index in [1.807, 2.05) is 17.5 Å². The molecule has 2 saturated heterocycles. The summed E-state index contributed by atoms with van der Waals surface area (Å²) in [5.41, 5.74) is -2.67. The van der Waals surface area contributed by atoms with Crippen molar-refractivity contribution in [1.29, 1.82) is 0 Å². The predicted octanol–water partition coefficient (Wildman–Crippen LogP) is -0.664. The molecule has 3 atom stereocenters. The number of carboxylic acid groups (broad SMARTS) is 1. The van der Waals surface area contributed by atoms with Crippen molar-refractivity contribution >= 4 is 52.6 Å². The van der Waals surface area contributed by atoms with Gasteiger partial charge < -0.3 is 15.3 Å². The van der Waals surface area contributed by atoms with E-state index in [9.17, 15) is 29.1 Å². The fourth-order valence-electron chi connectivity index (χ4n) is 3.43. The first kappa shape index (κ1) is 22.6. The minimum Gasteiger partial charge on any atom is -0.481 e. The Bertz CT molecular complexity index is 1150. The van der Waals surface area contributed by atoms with Gasteiger partial charge in [0.05, 0.1) is 6.42 Å². The number of thiophene rings is 1. The topological polar surface area (TPSA) is 154 Å². The number of β-lactam (4-membered cyclic amide) rings is 1. The Morgan fingerprint density at radius 1 is 1.41 bits per heavy atom. The zero-order chi connectivity index (χ0) is 23.0. The summed E-state index contributed by atoms with van der Waals surface area (Å²) in [6.45, 7) is -0.0296. The van der Waals surface area contributed by atoms with E-state index >= 15 is 0 Å². The molecule has 4 heterocycles. The Morgan fingerprint density at radius 2 is 2.19 bits per heavy atom. The fourth-order valence-corrected chi connectivity index (χ4v) is 6.84. The van der Waals surface area contributed by atoms with Gasteiger partial charge in [0.1, 0.15) is 16.8 Å². The number of carbonyl (C=O) groups is 3. The van der Waals surface area contributed by atoms with E-state index < -0.39 is 28.8 Å². The Hall–Kier alpha value is -2.58. The lowest BCUT2D eigenvalue weighted by Gasteiger charge is -2.53. The predicted molar refractivity (Wildman–Crippen MR) is 119 cm³/mol. The van der Waals surface area contributed by atoms with Gasteiger partial charge in [-0.3, -0.25) is 19.4 Å². The largest absolute Gasteiger partial charge is 0.481 e. The monoisotopic (exact) mass is 497 g/mol. The van der Waals surface area contributed by atoms with Crippen molar-refractivity contribution in [3.63, 3.8) is 0 Å². The van der Waals surface area contributed by atoms with Gasteiger partial charge in [-0.1, -0.05) is 17.8 Å². The normalized spacial score (nSPS) is 24.5. The minimum atomic E-state index is -1.28. The maximum atomic E-state index is 12.6. The number of carboxylic acids is 1. The van der Waals surface area contributed by atoms with Crippen LogP contribution in [0, 0.1) is 5.41 Å². The molecular weight excluding hydrogens is 478 g/mol. The first-order valence-electron chi connectivity index (χ1n) is 9.47. The quantitative estimate of drug-likeness (QED) is 0.334. The number of aromatic amines is 1. The van der Waals surface area contributed by atoms with Crippen LogP contribution in [0.15, 0.2) is 32.3 Å². The highest BCUT2D eigenvalue weighted by atomic mass is 32.2. The molecule has 14 heteroatoms. The van der Waals surface area contributed by atoms with Gasteiger partial charge in [0, 0.05) is 30.0 Å². The number of nitrogens with one attached hydrogen (secondary N) is 2. The van der Waals surface area contributed by atoms with E-state index in [2.05, 4.69) is 15.3 Å². The van der Waals surface area contributed by atoms with Crippen LogP contribution in [0.2, 0.25) is 0 Å². The van der Waals surface area contributed by atoms with Crippen molar-refractivity contribution < 1.29 is 19.5 Å². The van der Waals surface area contributed by atoms with Crippen molar-refractivity contribution in [2.45, 2.75) is 23.0 Å². The van der Waals surface area contributed by atoms with Gasteiger partial charge in [-0.2, -0.15) is 4.98 Å². The number of H-pyrrole nitrogens is 1. The molecule has 2 aliphatic rings. The number of amides is 2. The maximum absolute atomic E-state index is 12.6. The van der Waals surface area contributed by atoms with E-state index in [-0.39, 0.29) is 46.8 Å². The molecule has 0 radical (unpaired) electrons. The van der Waals surface area contributed by atoms with Crippen LogP contribution in [0.5, 0.6) is 0 Å². The first-order chi connectivity index (χ1) is 15.2. The minimum absolute atomic E-state index is 0.0113. The Morgan fingerprint density at radius 3 is 2.84 bits per heavy atom. The van der Waals surface area contributed by atoms with Crippen LogP contribution in [0.4, 0.5) is 0 Å². The van der Waals surface area contributed by atoms with Crippen LogP contribution in [0.25, 0.3) is 0 Å². The summed E-state index contributed by atoms with van der Waals surface area (Å²) >= 11 is 3.71. The molecule has 170 valence electrons. The number of rotatable bonds is 7. The highest BCUT2D eigenvalue weighted by molar-refractivity contribution is 8.00. The van der Waals surface area contributed by atoms with Gasteiger partial charge in [0.2, 0.25) is 11.8 Å². The van der Waals surface area contributed by atoms with Crippen LogP contribution in [-0.4, -0.2) is 71.8 Å². The lowest BCUT2D eigenvalue weighted by Crippen LogP contribution is -2.74. The summed E-state index contributed by atoms with van der Waals surface area (Å²) in [4.78, 5) is 69.0. The molecule has 0 spiro atoms. The highest BCUT2D eigenvalue weighted by Gasteiger charge is 2.57. The van der Waals surface area contributed by atoms with Gasteiger partial charge in [-0.15, -0.1) is 23.1 Å². The number of aromatic nitrogens is 3. The van der Waals surface area contributed by atoms with Gasteiger partial charge in [-0.05, 0) is 11.4 Å². The van der Waals surface area contributed by atoms with Crippen LogP contribution in [0.1, 0.15) is 4.88 Å². The fraction of sp³-hybridized carbons (Fsp3) is 0.444. The second-order valence-electron chi connectivity index (χ2n) is 7.53. The number of carbonyl (C=O) groups excluding carboxylic acids is 2. The molecule has 2 aliphatic heterocycles. The number of aliphatic carboxylic acids is 1.